The van der Waals surface area contributed by atoms with E-state index >= 15 is 0 Å². The molecule has 0 aliphatic rings. The molecule has 1 aromatic heterocycles. The van der Waals surface area contributed by atoms with Gasteiger partial charge in [0.05, 0.1) is 5.39 Å². The van der Waals surface area contributed by atoms with Crippen LogP contribution in [0.1, 0.15) is 11.1 Å². The Bertz CT molecular complexity index is 1230. The lowest BCUT2D eigenvalue weighted by molar-refractivity contribution is -2.00. The number of hydrogen-bond donors (Lipinski definition) is 0. The number of halogens is 1. The van der Waals surface area contributed by atoms with Crippen LogP contribution in [0.25, 0.3) is 34.3 Å². The van der Waals surface area contributed by atoms with Gasteiger partial charge in [0.25, 0.3) is 0 Å². The number of hydrogen-bond acceptors (Lipinski definition) is 5. The maximum Gasteiger partial charge on any atom is 0.213 e. The Kier molecular flexibility index (Phi) is 7.81. The molecule has 0 saturated carbocycles. The van der Waals surface area contributed by atoms with Crippen LogP contribution in [-0.4, -0.2) is 14.1 Å². The number of fused-ring (bicyclic) bond motifs is 1. The molecule has 33 heavy (non-hydrogen) atoms. The number of pyridine rings is 1. The van der Waals surface area contributed by atoms with Gasteiger partial charge in [0.15, 0.2) is 0 Å². The van der Waals surface area contributed by atoms with E-state index in [9.17, 15) is 0 Å². The van der Waals surface area contributed by atoms with Gasteiger partial charge in [-0.1, -0.05) is 54.6 Å². The molecule has 0 radical (unpaired) electrons. The van der Waals surface area contributed by atoms with Crippen LogP contribution in [0.2, 0.25) is 0 Å². The minimum atomic E-state index is -4.94. The predicted octanol–water partition coefficient (Wildman–Crippen LogP) is 0.812. The number of anilines is 1. The molecule has 6 nitrogen and oxygen atoms in total. The summed E-state index contributed by atoms with van der Waals surface area (Å²) in [5, 5.41) is 1.26. The summed E-state index contributed by atoms with van der Waals surface area (Å²) in [6.45, 7) is 0. The first kappa shape index (κ1) is 24.4. The Morgan fingerprint density at radius 2 is 1.33 bits per heavy atom. The van der Waals surface area contributed by atoms with E-state index in [1.165, 1.54) is 39.0 Å². The molecule has 1 heterocycles. The molecule has 0 unspecified atom stereocenters. The molecule has 0 amide bonds. The smallest absolute Gasteiger partial charge is 0.213 e. The van der Waals surface area contributed by atoms with Gasteiger partial charge in [-0.3, -0.25) is 0 Å². The normalized spacial score (nSPS) is 11.4. The van der Waals surface area contributed by atoms with Gasteiger partial charge in [0, 0.05) is 37.5 Å². The Balaban J connectivity index is 0.000000555. The second-order valence-electron chi connectivity index (χ2n) is 7.62. The van der Waals surface area contributed by atoms with E-state index in [2.05, 4.69) is 128 Å². The van der Waals surface area contributed by atoms with Crippen LogP contribution < -0.4 is 28.1 Å². The summed E-state index contributed by atoms with van der Waals surface area (Å²) in [7, 11) is 1.32. The summed E-state index contributed by atoms with van der Waals surface area (Å²) in [6, 6.07) is 30.1. The van der Waals surface area contributed by atoms with Crippen molar-refractivity contribution in [1.29, 1.82) is 0 Å². The fraction of sp³-hybridized carbons (Fsp3) is 0.115. The first-order valence-electron chi connectivity index (χ1n) is 10.2. The van der Waals surface area contributed by atoms with Gasteiger partial charge in [-0.15, -0.1) is 10.2 Å². The molecule has 0 fully saturated rings. The number of para-hydroxylation sites is 1. The van der Waals surface area contributed by atoms with Gasteiger partial charge in [-0.2, -0.15) is 4.57 Å². The first-order valence-corrected chi connectivity index (χ1v) is 11.4. The zero-order chi connectivity index (χ0) is 24.0. The van der Waals surface area contributed by atoms with Crippen molar-refractivity contribution in [2.75, 3.05) is 19.0 Å². The lowest BCUT2D eigenvalue weighted by Crippen LogP contribution is -2.68. The molecule has 3 aromatic carbocycles. The minimum Gasteiger partial charge on any atom is -0.378 e. The SMILES string of the molecule is CN(C)c1ccc(/C=C/c2cc(-c3ccccc3)[n+](C)c3ccccc23)cc1.[O-][Cl+3]([O-])([O-])[O-]. The Hall–Kier alpha value is -3.26. The van der Waals surface area contributed by atoms with E-state index in [1.54, 1.807) is 0 Å². The van der Waals surface area contributed by atoms with E-state index in [1.807, 2.05) is 0 Å². The molecule has 4 rings (SSSR count). The lowest BCUT2D eigenvalue weighted by Gasteiger charge is -2.17. The van der Waals surface area contributed by atoms with Crippen LogP contribution in [0.15, 0.2) is 84.9 Å². The summed E-state index contributed by atoms with van der Waals surface area (Å²) < 4.78 is 36.2. The summed E-state index contributed by atoms with van der Waals surface area (Å²) in [4.78, 5) is 2.12. The highest BCUT2D eigenvalue weighted by Crippen LogP contribution is 2.25. The Morgan fingerprint density at radius 1 is 0.758 bits per heavy atom. The zero-order valence-corrected chi connectivity index (χ0v) is 19.4. The molecule has 0 bridgehead atoms. The molecule has 0 atom stereocenters. The van der Waals surface area contributed by atoms with E-state index in [4.69, 9.17) is 18.6 Å². The summed E-state index contributed by atoms with van der Waals surface area (Å²) >= 11 is 0. The molecular weight excluding hydrogens is 440 g/mol. The molecule has 170 valence electrons. The van der Waals surface area contributed by atoms with Crippen molar-refractivity contribution in [3.8, 4) is 11.3 Å². The third kappa shape index (κ3) is 6.86. The van der Waals surface area contributed by atoms with Crippen LogP contribution in [-0.2, 0) is 7.05 Å². The van der Waals surface area contributed by atoms with E-state index < -0.39 is 10.2 Å². The fourth-order valence-corrected chi connectivity index (χ4v) is 3.56. The van der Waals surface area contributed by atoms with Crippen LogP contribution in [0, 0.1) is 10.2 Å². The summed E-state index contributed by atoms with van der Waals surface area (Å²) in [5.74, 6) is 0. The molecule has 4 aromatic rings. The van der Waals surface area contributed by atoms with Gasteiger partial charge in [0.1, 0.15) is 7.05 Å². The highest BCUT2D eigenvalue weighted by Gasteiger charge is 2.16. The van der Waals surface area contributed by atoms with Gasteiger partial charge >= 0.3 is 0 Å². The highest BCUT2D eigenvalue weighted by molar-refractivity contribution is 5.90. The molecule has 0 N–H and O–H groups in total. The van der Waals surface area contributed by atoms with Gasteiger partial charge in [-0.05, 0) is 41.5 Å². The summed E-state index contributed by atoms with van der Waals surface area (Å²) in [5.41, 5.74) is 7.29. The third-order valence-corrected chi connectivity index (χ3v) is 5.16. The van der Waals surface area contributed by atoms with Crippen molar-refractivity contribution in [2.45, 2.75) is 0 Å². The van der Waals surface area contributed by atoms with Crippen molar-refractivity contribution < 1.29 is 33.4 Å². The molecule has 7 heteroatoms. The zero-order valence-electron chi connectivity index (χ0n) is 18.6. The van der Waals surface area contributed by atoms with Crippen molar-refractivity contribution >= 4 is 28.7 Å². The quantitative estimate of drug-likeness (QED) is 0.416. The second kappa shape index (κ2) is 10.6. The Morgan fingerprint density at radius 3 is 1.94 bits per heavy atom. The summed E-state index contributed by atoms with van der Waals surface area (Å²) in [6.07, 6.45) is 4.41. The third-order valence-electron chi connectivity index (χ3n) is 5.16. The van der Waals surface area contributed by atoms with E-state index in [-0.39, 0.29) is 0 Å². The predicted molar refractivity (Wildman–Crippen MR) is 120 cm³/mol. The van der Waals surface area contributed by atoms with Crippen molar-refractivity contribution in [3.63, 3.8) is 0 Å². The highest BCUT2D eigenvalue weighted by atomic mass is 35.7. The average Bonchev–Trinajstić information content (AvgIpc) is 2.78. The molecule has 0 spiro atoms. The van der Waals surface area contributed by atoms with Crippen LogP contribution in [0.4, 0.5) is 5.69 Å². The fourth-order valence-electron chi connectivity index (χ4n) is 3.56. The monoisotopic (exact) mass is 464 g/mol. The molecule has 0 aliphatic heterocycles. The van der Waals surface area contributed by atoms with Crippen LogP contribution in [0.3, 0.4) is 0 Å². The number of benzene rings is 3. The number of aryl methyl sites for hydroxylation is 1. The van der Waals surface area contributed by atoms with Crippen LogP contribution in [0.5, 0.6) is 0 Å². The minimum absolute atomic E-state index is 1.20. The van der Waals surface area contributed by atoms with Crippen molar-refractivity contribution in [1.82, 2.24) is 0 Å². The van der Waals surface area contributed by atoms with Gasteiger partial charge in [0.2, 0.25) is 11.2 Å². The first-order chi connectivity index (χ1) is 15.6. The van der Waals surface area contributed by atoms with Crippen molar-refractivity contribution in [3.05, 3.63) is 96.1 Å². The van der Waals surface area contributed by atoms with Crippen LogP contribution >= 0.6 is 0 Å². The topological polar surface area (TPSA) is 99.4 Å². The lowest BCUT2D eigenvalue weighted by atomic mass is 10.0. The Labute approximate surface area is 195 Å². The molecular formula is C26H25ClN2O4. The average molecular weight is 465 g/mol. The number of aromatic nitrogens is 1. The standard InChI is InChI=1S/C26H25N2.ClHO4/c1-27(2)23-17-14-20(15-18-23)13-16-22-19-26(21-9-5-4-6-10-21)28(3)25-12-8-7-11-24(22)25;2-1(3,4)5/h4-19H,1-3H3;(H,2,3,4,5)/q+1;/p-1. The molecule has 0 aliphatic carbocycles. The number of rotatable bonds is 4. The van der Waals surface area contributed by atoms with Crippen molar-refractivity contribution in [2.24, 2.45) is 7.05 Å². The van der Waals surface area contributed by atoms with Gasteiger partial charge in [-0.25, -0.2) is 18.6 Å². The van der Waals surface area contributed by atoms with Gasteiger partial charge < -0.3 is 4.90 Å². The second-order valence-corrected chi connectivity index (χ2v) is 8.38. The maximum atomic E-state index is 8.49. The van der Waals surface area contributed by atoms with E-state index in [0.717, 1.165) is 0 Å². The molecule has 0 saturated heterocycles. The maximum absolute atomic E-state index is 8.49. The number of nitrogens with zero attached hydrogens (tertiary/aromatic N) is 2. The largest absolute Gasteiger partial charge is 0.378 e. The van der Waals surface area contributed by atoms with E-state index in [0.29, 0.717) is 0 Å².